The van der Waals surface area contributed by atoms with E-state index in [1.54, 1.807) is 6.07 Å². The molecule has 0 radical (unpaired) electrons. The molecule has 0 unspecified atom stereocenters. The predicted octanol–water partition coefficient (Wildman–Crippen LogP) is 5.85. The van der Waals surface area contributed by atoms with Crippen LogP contribution in [0.5, 0.6) is 0 Å². The van der Waals surface area contributed by atoms with Crippen LogP contribution in [0.2, 0.25) is 0 Å². The van der Waals surface area contributed by atoms with Crippen LogP contribution in [0.4, 0.5) is 18.9 Å². The molecule has 5 rings (SSSR count). The molecule has 2 aliphatic carbocycles. The Bertz CT molecular complexity index is 1170. The third kappa shape index (κ3) is 3.38. The number of aromatic nitrogens is 1. The molecule has 0 atom stereocenters. The van der Waals surface area contributed by atoms with E-state index in [1.807, 2.05) is 26.8 Å². The van der Waals surface area contributed by atoms with Gasteiger partial charge in [-0.2, -0.15) is 0 Å². The molecule has 0 spiro atoms. The van der Waals surface area contributed by atoms with Gasteiger partial charge in [-0.3, -0.25) is 4.79 Å². The number of carbonyl (C=O) groups excluding carboxylic acids is 1. The van der Waals surface area contributed by atoms with Crippen molar-refractivity contribution in [2.45, 2.75) is 58.2 Å². The molecular weight excluding hydrogens is 409 g/mol. The second-order valence-electron chi connectivity index (χ2n) is 9.52. The average Bonchev–Trinajstić information content (AvgIpc) is 3.24. The maximum Gasteiger partial charge on any atom is 0.585 e. The molecule has 1 amide bonds. The number of alkyl halides is 2. The van der Waals surface area contributed by atoms with Crippen LogP contribution in [-0.2, 0) is 19.7 Å². The molecule has 1 saturated carbocycles. The minimum absolute atomic E-state index is 0.0141. The van der Waals surface area contributed by atoms with Crippen LogP contribution in [0.15, 0.2) is 41.4 Å². The Kier molecular flexibility index (Phi) is 4.08. The van der Waals surface area contributed by atoms with Gasteiger partial charge in [0, 0.05) is 28.6 Å². The minimum Gasteiger partial charge on any atom is -0.400 e. The topological polar surface area (TPSA) is 63.4 Å². The minimum atomic E-state index is -3.66. The van der Waals surface area contributed by atoms with Gasteiger partial charge in [-0.25, -0.2) is 4.39 Å². The first-order valence-corrected chi connectivity index (χ1v) is 10.3. The molecular formula is C23H23F3N2O3. The summed E-state index contributed by atoms with van der Waals surface area (Å²) in [5.41, 5.74) is 1.46. The highest BCUT2D eigenvalue weighted by Gasteiger charge is 2.54. The van der Waals surface area contributed by atoms with E-state index in [1.165, 1.54) is 12.1 Å². The highest BCUT2D eigenvalue weighted by molar-refractivity contribution is 6.01. The largest absolute Gasteiger partial charge is 0.585 e. The van der Waals surface area contributed by atoms with Gasteiger partial charge in [-0.15, -0.1) is 8.78 Å². The molecule has 164 valence electrons. The van der Waals surface area contributed by atoms with E-state index in [4.69, 9.17) is 0 Å². The van der Waals surface area contributed by atoms with Gasteiger partial charge in [0.1, 0.15) is 11.6 Å². The van der Waals surface area contributed by atoms with Crippen LogP contribution in [0.25, 0.3) is 10.9 Å². The van der Waals surface area contributed by atoms with Crippen molar-refractivity contribution in [1.29, 1.82) is 0 Å². The lowest BCUT2D eigenvalue weighted by molar-refractivity contribution is -0.336. The number of H-pyrrole nitrogens is 1. The Hall–Kier alpha value is -2.90. The monoisotopic (exact) mass is 432 g/mol. The lowest BCUT2D eigenvalue weighted by atomic mass is 9.87. The van der Waals surface area contributed by atoms with E-state index < -0.39 is 17.5 Å². The number of nitrogens with one attached hydrogen (secondary N) is 2. The number of aromatic amines is 1. The first kappa shape index (κ1) is 20.0. The zero-order valence-electron chi connectivity index (χ0n) is 17.5. The van der Waals surface area contributed by atoms with Gasteiger partial charge >= 0.3 is 6.29 Å². The quantitative estimate of drug-likeness (QED) is 0.639. The van der Waals surface area contributed by atoms with E-state index in [2.05, 4.69) is 19.8 Å². The maximum atomic E-state index is 14.7. The number of fused-ring (bicyclic) bond motifs is 1. The van der Waals surface area contributed by atoms with E-state index in [0.717, 1.165) is 11.3 Å². The summed E-state index contributed by atoms with van der Waals surface area (Å²) in [6, 6.07) is 4.92. The standard InChI is InChI=1S/C23H23F3N2O3/c1-21(2,3)18-9-12-8-14(11-15(24)19(12)28-18)27-20(29)22(6-7-22)13-4-5-16-17(10-13)31-23(25,26)30-16/h8-11,28H,4-7H2,1-3H3,(H,27,29). The predicted molar refractivity (Wildman–Crippen MR) is 109 cm³/mol. The fraction of sp³-hybridized carbons (Fsp3) is 0.435. The van der Waals surface area contributed by atoms with Gasteiger partial charge in [0.05, 0.1) is 10.9 Å². The first-order valence-electron chi connectivity index (χ1n) is 10.3. The number of anilines is 1. The van der Waals surface area contributed by atoms with Crippen molar-refractivity contribution in [2.24, 2.45) is 5.41 Å². The van der Waals surface area contributed by atoms with Gasteiger partial charge in [-0.1, -0.05) is 26.3 Å². The second kappa shape index (κ2) is 6.31. The first-order chi connectivity index (χ1) is 14.5. The Morgan fingerprint density at radius 2 is 1.87 bits per heavy atom. The third-order valence-electron chi connectivity index (χ3n) is 6.22. The van der Waals surface area contributed by atoms with Gasteiger partial charge in [0.15, 0.2) is 5.76 Å². The smallest absolute Gasteiger partial charge is 0.400 e. The molecule has 1 aromatic heterocycles. The summed E-state index contributed by atoms with van der Waals surface area (Å²) in [6.45, 7) is 6.09. The number of hydrogen-bond donors (Lipinski definition) is 2. The molecule has 5 nitrogen and oxygen atoms in total. The van der Waals surface area contributed by atoms with Crippen LogP contribution in [0.1, 0.15) is 52.1 Å². The SMILES string of the molecule is CC(C)(C)c1cc2cc(NC(=O)C3(C4=CC5=C(CC4)OC(F)(F)O5)CC3)cc(F)c2[nH]1. The van der Waals surface area contributed by atoms with Crippen LogP contribution >= 0.6 is 0 Å². The summed E-state index contributed by atoms with van der Waals surface area (Å²) in [4.78, 5) is 16.2. The maximum absolute atomic E-state index is 14.7. The molecule has 0 saturated heterocycles. The van der Waals surface area contributed by atoms with Crippen molar-refractivity contribution in [1.82, 2.24) is 4.98 Å². The van der Waals surface area contributed by atoms with Crippen LogP contribution in [-0.4, -0.2) is 17.2 Å². The van der Waals surface area contributed by atoms with E-state index in [9.17, 15) is 18.0 Å². The molecule has 1 aliphatic heterocycles. The summed E-state index contributed by atoms with van der Waals surface area (Å²) >= 11 is 0. The van der Waals surface area contributed by atoms with Gasteiger partial charge < -0.3 is 19.8 Å². The van der Waals surface area contributed by atoms with Crippen molar-refractivity contribution in [3.63, 3.8) is 0 Å². The molecule has 8 heteroatoms. The Labute approximate surface area is 177 Å². The molecule has 3 aliphatic rings. The van der Waals surface area contributed by atoms with Crippen molar-refractivity contribution in [3.05, 3.63) is 52.9 Å². The number of halogens is 3. The summed E-state index contributed by atoms with van der Waals surface area (Å²) in [5, 5.41) is 3.51. The van der Waals surface area contributed by atoms with Gasteiger partial charge in [0.2, 0.25) is 5.91 Å². The third-order valence-corrected chi connectivity index (χ3v) is 6.22. The fourth-order valence-corrected chi connectivity index (χ4v) is 4.29. The lowest BCUT2D eigenvalue weighted by Crippen LogP contribution is -2.27. The van der Waals surface area contributed by atoms with E-state index >= 15 is 0 Å². The average molecular weight is 432 g/mol. The molecule has 2 heterocycles. The lowest BCUT2D eigenvalue weighted by Gasteiger charge is -2.21. The normalized spacial score (nSPS) is 21.3. The van der Waals surface area contributed by atoms with Crippen molar-refractivity contribution >= 4 is 22.5 Å². The summed E-state index contributed by atoms with van der Waals surface area (Å²) in [7, 11) is 0. The molecule has 1 fully saturated rings. The highest BCUT2D eigenvalue weighted by atomic mass is 19.3. The number of carbonyl (C=O) groups is 1. The number of allylic oxidation sites excluding steroid dienone is 2. The fourth-order valence-electron chi connectivity index (χ4n) is 4.29. The van der Waals surface area contributed by atoms with E-state index in [0.29, 0.717) is 35.9 Å². The van der Waals surface area contributed by atoms with Crippen LogP contribution in [0.3, 0.4) is 0 Å². The number of rotatable bonds is 3. The van der Waals surface area contributed by atoms with Gasteiger partial charge in [-0.05, 0) is 43.5 Å². The van der Waals surface area contributed by atoms with Crippen molar-refractivity contribution in [3.8, 4) is 0 Å². The molecule has 2 N–H and O–H groups in total. The van der Waals surface area contributed by atoms with Crippen molar-refractivity contribution in [2.75, 3.05) is 5.32 Å². The number of ether oxygens (including phenoxy) is 2. The molecule has 1 aromatic carbocycles. The number of hydrogen-bond acceptors (Lipinski definition) is 3. The van der Waals surface area contributed by atoms with E-state index in [-0.39, 0.29) is 29.3 Å². The Morgan fingerprint density at radius 1 is 1.13 bits per heavy atom. The van der Waals surface area contributed by atoms with Crippen LogP contribution < -0.4 is 5.32 Å². The van der Waals surface area contributed by atoms with Gasteiger partial charge in [0.25, 0.3) is 0 Å². The zero-order valence-corrected chi connectivity index (χ0v) is 17.5. The molecule has 0 bridgehead atoms. The molecule has 2 aromatic rings. The second-order valence-corrected chi connectivity index (χ2v) is 9.52. The summed E-state index contributed by atoms with van der Waals surface area (Å²) < 4.78 is 50.4. The number of amides is 1. The van der Waals surface area contributed by atoms with Crippen LogP contribution in [0, 0.1) is 11.2 Å². The number of benzene rings is 1. The highest BCUT2D eigenvalue weighted by Crippen LogP contribution is 2.56. The summed E-state index contributed by atoms with van der Waals surface area (Å²) in [5.74, 6) is -0.614. The van der Waals surface area contributed by atoms with Crippen molar-refractivity contribution < 1.29 is 27.4 Å². The zero-order chi connectivity index (χ0) is 22.2. The summed E-state index contributed by atoms with van der Waals surface area (Å²) in [6.07, 6.45) is -0.263. The Morgan fingerprint density at radius 3 is 2.55 bits per heavy atom. The Balaban J connectivity index is 1.40. The molecule has 31 heavy (non-hydrogen) atoms.